The molecular formula is C20H8N2O6. The van der Waals surface area contributed by atoms with Gasteiger partial charge in [0.05, 0.1) is 27.3 Å². The standard InChI is InChI=1S/C20H8N2O6/c23-12-6-8-14-13-7(19(25)28-18(14)16(12)24)5-11-15(17(13)27-20(8)26)22-10-4-2-1-3-9(10)21-11/h1-6,21-22H. The van der Waals surface area contributed by atoms with E-state index >= 15 is 0 Å². The highest BCUT2D eigenvalue weighted by atomic mass is 16.4. The van der Waals surface area contributed by atoms with Crippen molar-refractivity contribution in [3.8, 4) is 0 Å². The highest BCUT2D eigenvalue weighted by Crippen LogP contribution is 2.33. The molecule has 0 radical (unpaired) electrons. The Morgan fingerprint density at radius 1 is 0.679 bits per heavy atom. The van der Waals surface area contributed by atoms with Gasteiger partial charge in [-0.25, -0.2) is 9.59 Å². The van der Waals surface area contributed by atoms with Crippen molar-refractivity contribution in [2.75, 3.05) is 0 Å². The maximum absolute atomic E-state index is 12.6. The average molecular weight is 372 g/mol. The van der Waals surface area contributed by atoms with Crippen molar-refractivity contribution in [1.82, 2.24) is 9.97 Å². The van der Waals surface area contributed by atoms with Crippen LogP contribution in [0.1, 0.15) is 0 Å². The third-order valence-electron chi connectivity index (χ3n) is 5.02. The minimum absolute atomic E-state index is 0.0926. The van der Waals surface area contributed by atoms with Gasteiger partial charge in [-0.3, -0.25) is 9.59 Å². The molecule has 0 aliphatic rings. The van der Waals surface area contributed by atoms with Crippen LogP contribution in [0.2, 0.25) is 0 Å². The minimum atomic E-state index is -0.965. The molecular weight excluding hydrogens is 364 g/mol. The second kappa shape index (κ2) is 4.74. The van der Waals surface area contributed by atoms with Crippen molar-refractivity contribution in [1.29, 1.82) is 0 Å². The fourth-order valence-electron chi connectivity index (χ4n) is 3.79. The van der Waals surface area contributed by atoms with Gasteiger partial charge in [-0.15, -0.1) is 0 Å². The molecule has 8 heteroatoms. The summed E-state index contributed by atoms with van der Waals surface area (Å²) >= 11 is 0. The zero-order chi connectivity index (χ0) is 19.2. The molecule has 0 aliphatic carbocycles. The van der Waals surface area contributed by atoms with E-state index in [2.05, 4.69) is 9.97 Å². The Morgan fingerprint density at radius 2 is 1.29 bits per heavy atom. The molecule has 0 unspecified atom stereocenters. The number of aromatic nitrogens is 2. The average Bonchev–Trinajstić information content (AvgIpc) is 2.69. The van der Waals surface area contributed by atoms with E-state index in [4.69, 9.17) is 8.83 Å². The number of benzene rings is 3. The lowest BCUT2D eigenvalue weighted by atomic mass is 10.0. The van der Waals surface area contributed by atoms with Crippen LogP contribution in [0.4, 0.5) is 0 Å². The van der Waals surface area contributed by atoms with Gasteiger partial charge < -0.3 is 18.8 Å². The topological polar surface area (TPSA) is 126 Å². The first-order valence-electron chi connectivity index (χ1n) is 8.37. The van der Waals surface area contributed by atoms with E-state index in [1.165, 1.54) is 0 Å². The molecule has 3 aromatic heterocycles. The van der Waals surface area contributed by atoms with Gasteiger partial charge in [0.2, 0.25) is 5.43 Å². The summed E-state index contributed by atoms with van der Waals surface area (Å²) in [7, 11) is 0. The van der Waals surface area contributed by atoms with Crippen molar-refractivity contribution in [3.63, 3.8) is 0 Å². The first-order valence-corrected chi connectivity index (χ1v) is 8.37. The lowest BCUT2D eigenvalue weighted by molar-refractivity contribution is 0.559. The molecule has 8 nitrogen and oxygen atoms in total. The van der Waals surface area contributed by atoms with Gasteiger partial charge >= 0.3 is 11.3 Å². The van der Waals surface area contributed by atoms with Crippen LogP contribution in [-0.2, 0) is 0 Å². The molecule has 3 aromatic carbocycles. The van der Waals surface area contributed by atoms with Crippen molar-refractivity contribution in [3.05, 3.63) is 77.7 Å². The minimum Gasteiger partial charge on any atom is -0.420 e. The van der Waals surface area contributed by atoms with Crippen molar-refractivity contribution in [2.24, 2.45) is 0 Å². The summed E-state index contributed by atoms with van der Waals surface area (Å²) < 4.78 is 10.6. The number of hydrogen-bond acceptors (Lipinski definition) is 6. The number of hydrogen-bond donors (Lipinski definition) is 2. The van der Waals surface area contributed by atoms with Gasteiger partial charge in [0, 0.05) is 16.8 Å². The quantitative estimate of drug-likeness (QED) is 0.182. The fourth-order valence-corrected chi connectivity index (χ4v) is 3.79. The first-order chi connectivity index (χ1) is 13.5. The SMILES string of the molecule is O=c1cc2c(=O)oc3c4[nH]c5ccccc5[nH]c4cc4c(=O)oc(c1=O)c2c43. The summed E-state index contributed by atoms with van der Waals surface area (Å²) in [5.41, 5.74) is -1.28. The Labute approximate surface area is 152 Å². The molecule has 3 heterocycles. The third-order valence-corrected chi connectivity index (χ3v) is 5.02. The largest absolute Gasteiger partial charge is 0.420 e. The Hall–Kier alpha value is -4.20. The van der Waals surface area contributed by atoms with E-state index in [0.717, 1.165) is 17.1 Å². The van der Waals surface area contributed by atoms with E-state index in [1.807, 2.05) is 24.3 Å². The van der Waals surface area contributed by atoms with Crippen LogP contribution in [-0.4, -0.2) is 9.97 Å². The summed E-state index contributed by atoms with van der Waals surface area (Å²) in [6, 6.07) is 9.89. The predicted octanol–water partition coefficient (Wildman–Crippen LogP) is 2.17. The van der Waals surface area contributed by atoms with Crippen LogP contribution in [0.15, 0.2) is 64.4 Å². The first kappa shape index (κ1) is 14.9. The Morgan fingerprint density at radius 3 is 2.04 bits per heavy atom. The van der Waals surface area contributed by atoms with Crippen LogP contribution in [0.3, 0.4) is 0 Å². The van der Waals surface area contributed by atoms with E-state index in [9.17, 15) is 19.2 Å². The van der Waals surface area contributed by atoms with Crippen molar-refractivity contribution in [2.45, 2.75) is 0 Å². The second-order valence-electron chi connectivity index (χ2n) is 6.58. The lowest BCUT2D eigenvalue weighted by Crippen LogP contribution is -2.25. The molecule has 0 spiro atoms. The molecule has 28 heavy (non-hydrogen) atoms. The van der Waals surface area contributed by atoms with E-state index < -0.39 is 27.7 Å². The van der Waals surface area contributed by atoms with Gasteiger partial charge in [0.1, 0.15) is 5.52 Å². The summed E-state index contributed by atoms with van der Waals surface area (Å²) in [6.07, 6.45) is 0. The number of nitrogens with one attached hydrogen (secondary N) is 2. The van der Waals surface area contributed by atoms with Gasteiger partial charge in [-0.1, -0.05) is 12.1 Å². The van der Waals surface area contributed by atoms with Gasteiger partial charge in [0.15, 0.2) is 11.2 Å². The second-order valence-corrected chi connectivity index (χ2v) is 6.58. The third kappa shape index (κ3) is 1.69. The van der Waals surface area contributed by atoms with Crippen LogP contribution >= 0.6 is 0 Å². The maximum Gasteiger partial charge on any atom is 0.344 e. The molecule has 134 valence electrons. The van der Waals surface area contributed by atoms with Crippen LogP contribution in [0, 0.1) is 0 Å². The molecule has 0 atom stereocenters. The zero-order valence-electron chi connectivity index (χ0n) is 13.9. The maximum atomic E-state index is 12.6. The molecule has 0 fully saturated rings. The monoisotopic (exact) mass is 372 g/mol. The van der Waals surface area contributed by atoms with E-state index in [1.54, 1.807) is 6.07 Å². The summed E-state index contributed by atoms with van der Waals surface area (Å²) in [5, 5.41) is 0.436. The summed E-state index contributed by atoms with van der Waals surface area (Å²) in [4.78, 5) is 55.7. The number of rotatable bonds is 0. The van der Waals surface area contributed by atoms with Gasteiger partial charge in [-0.2, -0.15) is 0 Å². The normalized spacial score (nSPS) is 12.1. The smallest absolute Gasteiger partial charge is 0.344 e. The molecule has 6 aromatic rings. The van der Waals surface area contributed by atoms with Crippen LogP contribution in [0.5, 0.6) is 0 Å². The van der Waals surface area contributed by atoms with E-state index in [0.29, 0.717) is 11.0 Å². The summed E-state index contributed by atoms with van der Waals surface area (Å²) in [5.74, 6) is 0. The van der Waals surface area contributed by atoms with Gasteiger partial charge in [0.25, 0.3) is 5.43 Å². The molecule has 0 saturated heterocycles. The van der Waals surface area contributed by atoms with Crippen molar-refractivity contribution < 1.29 is 8.83 Å². The number of H-pyrrole nitrogens is 2. The highest BCUT2D eigenvalue weighted by molar-refractivity contribution is 6.24. The summed E-state index contributed by atoms with van der Waals surface area (Å²) in [6.45, 7) is 0. The number of para-hydroxylation sites is 2. The predicted molar refractivity (Wildman–Crippen MR) is 103 cm³/mol. The highest BCUT2D eigenvalue weighted by Gasteiger charge is 2.22. The molecule has 6 rings (SSSR count). The Bertz CT molecular complexity index is 1850. The Kier molecular flexibility index (Phi) is 2.53. The molecule has 0 saturated carbocycles. The molecule has 2 N–H and O–H groups in total. The van der Waals surface area contributed by atoms with E-state index in [-0.39, 0.29) is 27.1 Å². The fraction of sp³-hybridized carbons (Fsp3) is 0. The van der Waals surface area contributed by atoms with Crippen molar-refractivity contribution >= 4 is 54.8 Å². The lowest BCUT2D eigenvalue weighted by Gasteiger charge is -2.10. The Balaban J connectivity index is 2.05. The van der Waals surface area contributed by atoms with Crippen LogP contribution < -0.4 is 22.1 Å². The zero-order valence-corrected chi connectivity index (χ0v) is 13.9. The molecule has 0 aliphatic heterocycles. The molecule has 0 amide bonds. The molecule has 0 bridgehead atoms. The van der Waals surface area contributed by atoms with Gasteiger partial charge in [-0.05, 0) is 18.2 Å². The number of fused-ring (bicyclic) bond motifs is 3. The number of aromatic amines is 2. The van der Waals surface area contributed by atoms with Crippen LogP contribution in [0.25, 0.3) is 54.8 Å².